The summed E-state index contributed by atoms with van der Waals surface area (Å²) in [6.07, 6.45) is 5.79. The first-order valence-electron chi connectivity index (χ1n) is 8.21. The summed E-state index contributed by atoms with van der Waals surface area (Å²) in [5, 5.41) is 2.66. The summed E-state index contributed by atoms with van der Waals surface area (Å²) in [5.41, 5.74) is 0.116. The molecule has 0 aliphatic carbocycles. The van der Waals surface area contributed by atoms with Crippen molar-refractivity contribution in [3.05, 3.63) is 58.1 Å². The molecule has 4 aromatic rings. The lowest BCUT2D eigenvalue weighted by molar-refractivity contribution is -0.116. The zero-order valence-corrected chi connectivity index (χ0v) is 15.0. The minimum absolute atomic E-state index is 0.157. The van der Waals surface area contributed by atoms with Crippen molar-refractivity contribution >= 4 is 22.9 Å². The van der Waals surface area contributed by atoms with E-state index in [1.807, 2.05) is 0 Å². The summed E-state index contributed by atoms with van der Waals surface area (Å²) in [5.74, 6) is 0.518. The van der Waals surface area contributed by atoms with Crippen molar-refractivity contribution in [3.63, 3.8) is 0 Å². The second kappa shape index (κ2) is 6.61. The lowest BCUT2D eigenvalue weighted by Gasteiger charge is -2.07. The van der Waals surface area contributed by atoms with Gasteiger partial charge in [0.05, 0.1) is 12.5 Å². The maximum Gasteiger partial charge on any atom is 0.332 e. The number of amides is 1. The average Bonchev–Trinajstić information content (AvgIpc) is 3.35. The molecule has 1 amide bonds. The van der Waals surface area contributed by atoms with Crippen LogP contribution >= 0.6 is 0 Å². The van der Waals surface area contributed by atoms with Crippen LogP contribution in [0.4, 0.5) is 5.82 Å². The van der Waals surface area contributed by atoms with E-state index in [2.05, 4.69) is 20.3 Å². The van der Waals surface area contributed by atoms with Crippen molar-refractivity contribution in [1.82, 2.24) is 28.7 Å². The number of oxazole rings is 1. The normalized spacial score (nSPS) is 11.1. The minimum atomic E-state index is -0.516. The van der Waals surface area contributed by atoms with Crippen molar-refractivity contribution in [3.8, 4) is 11.3 Å². The van der Waals surface area contributed by atoms with E-state index in [1.165, 1.54) is 36.0 Å². The van der Waals surface area contributed by atoms with E-state index in [4.69, 9.17) is 4.42 Å². The first-order chi connectivity index (χ1) is 13.5. The van der Waals surface area contributed by atoms with E-state index in [1.54, 1.807) is 24.5 Å². The molecule has 11 heteroatoms. The molecule has 0 atom stereocenters. The number of anilines is 1. The highest BCUT2D eigenvalue weighted by Crippen LogP contribution is 2.18. The number of nitrogens with zero attached hydrogens (tertiary/aromatic N) is 6. The van der Waals surface area contributed by atoms with E-state index in [0.29, 0.717) is 11.6 Å². The van der Waals surface area contributed by atoms with Crippen LogP contribution in [-0.2, 0) is 25.4 Å². The zero-order chi connectivity index (χ0) is 19.8. The molecule has 142 valence electrons. The molecule has 0 saturated heterocycles. The molecule has 4 rings (SSSR count). The van der Waals surface area contributed by atoms with Gasteiger partial charge in [0.1, 0.15) is 12.4 Å². The molecule has 0 fully saturated rings. The Bertz CT molecular complexity index is 1280. The summed E-state index contributed by atoms with van der Waals surface area (Å²) in [6, 6.07) is 3.37. The smallest absolute Gasteiger partial charge is 0.332 e. The Labute approximate surface area is 156 Å². The quantitative estimate of drug-likeness (QED) is 0.531. The largest absolute Gasteiger partial charge is 0.443 e. The molecular formula is C17H15N7O4. The summed E-state index contributed by atoms with van der Waals surface area (Å²) < 4.78 is 8.82. The third-order valence-corrected chi connectivity index (χ3v) is 4.28. The number of carbonyl (C=O) groups excluding carboxylic acids is 1. The van der Waals surface area contributed by atoms with Crippen molar-refractivity contribution in [2.75, 3.05) is 5.32 Å². The second-order valence-corrected chi connectivity index (χ2v) is 6.10. The van der Waals surface area contributed by atoms with Crippen LogP contribution in [-0.4, -0.2) is 34.6 Å². The van der Waals surface area contributed by atoms with Gasteiger partial charge in [0.2, 0.25) is 5.91 Å². The molecule has 0 aliphatic heterocycles. The monoisotopic (exact) mass is 381 g/mol. The number of pyridine rings is 1. The van der Waals surface area contributed by atoms with Crippen LogP contribution < -0.4 is 16.6 Å². The fraction of sp³-hybridized carbons (Fsp3) is 0.176. The van der Waals surface area contributed by atoms with Gasteiger partial charge in [-0.05, 0) is 12.1 Å². The molecule has 0 unspecified atom stereocenters. The Morgan fingerprint density at radius 1 is 1.14 bits per heavy atom. The van der Waals surface area contributed by atoms with Crippen molar-refractivity contribution < 1.29 is 9.21 Å². The lowest BCUT2D eigenvalue weighted by atomic mass is 10.2. The van der Waals surface area contributed by atoms with Crippen LogP contribution in [0.3, 0.4) is 0 Å². The third kappa shape index (κ3) is 2.88. The van der Waals surface area contributed by atoms with Crippen LogP contribution in [0.5, 0.6) is 0 Å². The molecule has 0 aromatic carbocycles. The number of aryl methyl sites for hydroxylation is 1. The predicted octanol–water partition coefficient (Wildman–Crippen LogP) is 0.122. The topological polar surface area (TPSA) is 130 Å². The fourth-order valence-electron chi connectivity index (χ4n) is 2.83. The number of hydrogen-bond acceptors (Lipinski definition) is 7. The molecule has 28 heavy (non-hydrogen) atoms. The maximum atomic E-state index is 12.4. The molecule has 0 radical (unpaired) electrons. The van der Waals surface area contributed by atoms with Crippen molar-refractivity contribution in [2.24, 2.45) is 14.1 Å². The number of fused-ring (bicyclic) bond motifs is 1. The summed E-state index contributed by atoms with van der Waals surface area (Å²) in [7, 11) is 2.89. The minimum Gasteiger partial charge on any atom is -0.443 e. The molecule has 0 spiro atoms. The molecule has 11 nitrogen and oxygen atoms in total. The third-order valence-electron chi connectivity index (χ3n) is 4.28. The van der Waals surface area contributed by atoms with Gasteiger partial charge in [0.25, 0.3) is 5.56 Å². The highest BCUT2D eigenvalue weighted by atomic mass is 16.3. The average molecular weight is 381 g/mol. The summed E-state index contributed by atoms with van der Waals surface area (Å²) >= 11 is 0. The van der Waals surface area contributed by atoms with Crippen LogP contribution in [0.2, 0.25) is 0 Å². The van der Waals surface area contributed by atoms with Crippen LogP contribution in [0, 0.1) is 0 Å². The first kappa shape index (κ1) is 17.4. The Kier molecular flexibility index (Phi) is 4.11. The van der Waals surface area contributed by atoms with Gasteiger partial charge >= 0.3 is 5.69 Å². The van der Waals surface area contributed by atoms with Gasteiger partial charge in [-0.1, -0.05) is 0 Å². The maximum absolute atomic E-state index is 12.4. The van der Waals surface area contributed by atoms with E-state index < -0.39 is 17.2 Å². The van der Waals surface area contributed by atoms with E-state index in [-0.39, 0.29) is 17.7 Å². The molecule has 0 saturated carbocycles. The predicted molar refractivity (Wildman–Crippen MR) is 98.6 cm³/mol. The first-order valence-corrected chi connectivity index (χ1v) is 8.21. The van der Waals surface area contributed by atoms with Crippen molar-refractivity contribution in [1.29, 1.82) is 0 Å². The molecular weight excluding hydrogens is 366 g/mol. The highest BCUT2D eigenvalue weighted by Gasteiger charge is 2.16. The van der Waals surface area contributed by atoms with Gasteiger partial charge < -0.3 is 14.3 Å². The van der Waals surface area contributed by atoms with Crippen LogP contribution in [0.25, 0.3) is 22.5 Å². The van der Waals surface area contributed by atoms with Crippen molar-refractivity contribution in [2.45, 2.75) is 6.54 Å². The highest BCUT2D eigenvalue weighted by molar-refractivity contribution is 5.90. The zero-order valence-electron chi connectivity index (χ0n) is 15.0. The number of carbonyl (C=O) groups is 1. The Hall–Kier alpha value is -4.02. The number of imidazole rings is 1. The van der Waals surface area contributed by atoms with E-state index in [0.717, 1.165) is 10.1 Å². The Morgan fingerprint density at radius 3 is 2.64 bits per heavy atom. The molecule has 0 bridgehead atoms. The molecule has 0 aliphatic rings. The number of rotatable bonds is 4. The number of hydrogen-bond donors (Lipinski definition) is 1. The fourth-order valence-corrected chi connectivity index (χ4v) is 2.83. The molecule has 4 heterocycles. The van der Waals surface area contributed by atoms with Crippen LogP contribution in [0.15, 0.2) is 51.3 Å². The summed E-state index contributed by atoms with van der Waals surface area (Å²) in [6.45, 7) is -0.157. The molecule has 4 aromatic heterocycles. The van der Waals surface area contributed by atoms with Gasteiger partial charge in [0, 0.05) is 25.9 Å². The SMILES string of the molecule is Cn1c(=O)c2c(ncn2CC(=O)Nc2ccc(-c3cnco3)cn2)n(C)c1=O. The van der Waals surface area contributed by atoms with Gasteiger partial charge in [-0.2, -0.15) is 0 Å². The van der Waals surface area contributed by atoms with E-state index in [9.17, 15) is 14.4 Å². The second-order valence-electron chi connectivity index (χ2n) is 6.10. The van der Waals surface area contributed by atoms with Gasteiger partial charge in [-0.25, -0.2) is 19.7 Å². The number of aromatic nitrogens is 6. The summed E-state index contributed by atoms with van der Waals surface area (Å²) in [4.78, 5) is 48.8. The van der Waals surface area contributed by atoms with Gasteiger partial charge in [0.15, 0.2) is 23.3 Å². The Morgan fingerprint density at radius 2 is 1.96 bits per heavy atom. The standard InChI is InChI=1S/C17H15N7O4/c1-22-15-14(16(26)23(2)17(22)27)24(8-20-15)7-13(25)21-12-4-3-10(5-19-12)11-6-18-9-28-11/h3-6,8-9H,7H2,1-2H3,(H,19,21,25). The number of nitrogens with one attached hydrogen (secondary N) is 1. The molecule has 1 N–H and O–H groups in total. The van der Waals surface area contributed by atoms with Gasteiger partial charge in [-0.15, -0.1) is 0 Å². The lowest BCUT2D eigenvalue weighted by Crippen LogP contribution is -2.37. The van der Waals surface area contributed by atoms with E-state index >= 15 is 0 Å². The van der Waals surface area contributed by atoms with Gasteiger partial charge in [-0.3, -0.25) is 18.7 Å². The van der Waals surface area contributed by atoms with Crippen LogP contribution in [0.1, 0.15) is 0 Å². The Balaban J connectivity index is 1.56.